The highest BCUT2D eigenvalue weighted by Crippen LogP contribution is 2.20. The van der Waals surface area contributed by atoms with Crippen LogP contribution < -0.4 is 10.6 Å². The fourth-order valence-corrected chi connectivity index (χ4v) is 2.31. The number of rotatable bonds is 6. The van der Waals surface area contributed by atoms with Gasteiger partial charge in [-0.3, -0.25) is 4.98 Å². The summed E-state index contributed by atoms with van der Waals surface area (Å²) < 4.78 is 0. The molecule has 0 amide bonds. The lowest BCUT2D eigenvalue weighted by atomic mass is 10.2. The molecule has 0 aliphatic carbocycles. The van der Waals surface area contributed by atoms with E-state index in [1.807, 2.05) is 54.6 Å². The Kier molecular flexibility index (Phi) is 5.01. The number of benzene rings is 1. The van der Waals surface area contributed by atoms with Crippen molar-refractivity contribution in [3.8, 4) is 11.4 Å². The summed E-state index contributed by atoms with van der Waals surface area (Å²) in [4.78, 5) is 13.6. The summed E-state index contributed by atoms with van der Waals surface area (Å²) in [6.45, 7) is 4.80. The van der Waals surface area contributed by atoms with Crippen molar-refractivity contribution in [1.82, 2.24) is 15.0 Å². The van der Waals surface area contributed by atoms with Gasteiger partial charge in [0.15, 0.2) is 5.82 Å². The second-order valence-electron chi connectivity index (χ2n) is 5.80. The van der Waals surface area contributed by atoms with E-state index >= 15 is 0 Å². The van der Waals surface area contributed by atoms with Crippen LogP contribution in [-0.4, -0.2) is 21.0 Å². The molecular weight excluding hydrogens is 298 g/mol. The lowest BCUT2D eigenvalue weighted by molar-refractivity contribution is 0.886. The highest BCUT2D eigenvalue weighted by molar-refractivity contribution is 5.61. The Morgan fingerprint density at radius 2 is 1.67 bits per heavy atom. The van der Waals surface area contributed by atoms with E-state index in [-0.39, 0.29) is 0 Å². The smallest absolute Gasteiger partial charge is 0.163 e. The molecule has 0 saturated carbocycles. The molecule has 5 nitrogen and oxygen atoms in total. The molecule has 0 fully saturated rings. The Bertz CT molecular complexity index is 772. The fourth-order valence-electron chi connectivity index (χ4n) is 2.31. The normalized spacial score (nSPS) is 10.6. The number of nitrogens with zero attached hydrogens (tertiary/aromatic N) is 3. The van der Waals surface area contributed by atoms with Crippen LogP contribution in [0.4, 0.5) is 11.6 Å². The minimum atomic E-state index is 0.298. The van der Waals surface area contributed by atoms with E-state index in [0.717, 1.165) is 22.9 Å². The van der Waals surface area contributed by atoms with E-state index in [1.165, 1.54) is 0 Å². The number of anilines is 2. The largest absolute Gasteiger partial charge is 0.368 e. The van der Waals surface area contributed by atoms with Crippen molar-refractivity contribution < 1.29 is 0 Å². The van der Waals surface area contributed by atoms with Crippen LogP contribution in [0, 0.1) is 0 Å². The molecule has 3 rings (SSSR count). The van der Waals surface area contributed by atoms with Crippen molar-refractivity contribution in [2.45, 2.75) is 26.4 Å². The topological polar surface area (TPSA) is 62.7 Å². The standard InChI is InChI=1S/C19H21N5/c1-14(2)22-18-12-17(21-13-16-10-6-7-11-20-16)23-19(24-18)15-8-4-3-5-9-15/h3-12,14H,13H2,1-2H3,(H2,21,22,23,24). The summed E-state index contributed by atoms with van der Waals surface area (Å²) in [5.41, 5.74) is 1.96. The van der Waals surface area contributed by atoms with Gasteiger partial charge >= 0.3 is 0 Å². The molecule has 24 heavy (non-hydrogen) atoms. The highest BCUT2D eigenvalue weighted by atomic mass is 15.1. The van der Waals surface area contributed by atoms with Gasteiger partial charge in [0.05, 0.1) is 12.2 Å². The van der Waals surface area contributed by atoms with E-state index in [9.17, 15) is 0 Å². The van der Waals surface area contributed by atoms with Crippen LogP contribution in [0.1, 0.15) is 19.5 Å². The van der Waals surface area contributed by atoms with Crippen molar-refractivity contribution >= 4 is 11.6 Å². The average Bonchev–Trinajstić information content (AvgIpc) is 2.61. The monoisotopic (exact) mass is 319 g/mol. The van der Waals surface area contributed by atoms with Crippen LogP contribution in [0.3, 0.4) is 0 Å². The fraction of sp³-hybridized carbons (Fsp3) is 0.211. The Balaban J connectivity index is 1.87. The van der Waals surface area contributed by atoms with Gasteiger partial charge in [-0.25, -0.2) is 9.97 Å². The molecule has 0 spiro atoms. The van der Waals surface area contributed by atoms with Gasteiger partial charge in [0.2, 0.25) is 0 Å². The first-order valence-electron chi connectivity index (χ1n) is 8.05. The van der Waals surface area contributed by atoms with Gasteiger partial charge in [-0.1, -0.05) is 36.4 Å². The van der Waals surface area contributed by atoms with Crippen LogP contribution >= 0.6 is 0 Å². The third kappa shape index (κ3) is 4.29. The summed E-state index contributed by atoms with van der Waals surface area (Å²) in [5, 5.41) is 6.68. The number of nitrogens with one attached hydrogen (secondary N) is 2. The second-order valence-corrected chi connectivity index (χ2v) is 5.80. The summed E-state index contributed by atoms with van der Waals surface area (Å²) in [6.07, 6.45) is 1.79. The zero-order chi connectivity index (χ0) is 16.8. The molecule has 122 valence electrons. The third-order valence-corrected chi connectivity index (χ3v) is 3.37. The lowest BCUT2D eigenvalue weighted by Gasteiger charge is -2.13. The molecular formula is C19H21N5. The SMILES string of the molecule is CC(C)Nc1cc(NCc2ccccn2)nc(-c2ccccc2)n1. The summed E-state index contributed by atoms with van der Waals surface area (Å²) >= 11 is 0. The third-order valence-electron chi connectivity index (χ3n) is 3.37. The van der Waals surface area contributed by atoms with E-state index in [0.29, 0.717) is 18.4 Å². The predicted octanol–water partition coefficient (Wildman–Crippen LogP) is 3.97. The van der Waals surface area contributed by atoms with Crippen LogP contribution in [0.25, 0.3) is 11.4 Å². The predicted molar refractivity (Wildman–Crippen MR) is 97.8 cm³/mol. The molecule has 3 aromatic rings. The summed E-state index contributed by atoms with van der Waals surface area (Å²) in [7, 11) is 0. The van der Waals surface area contributed by atoms with Gasteiger partial charge in [0.1, 0.15) is 11.6 Å². The number of pyridine rings is 1. The first kappa shape index (κ1) is 15.9. The maximum atomic E-state index is 4.64. The Labute approximate surface area is 142 Å². The molecule has 2 aromatic heterocycles. The van der Waals surface area contributed by atoms with Gasteiger partial charge in [0, 0.05) is 23.9 Å². The molecule has 0 aliphatic rings. The molecule has 5 heteroatoms. The summed E-state index contributed by atoms with van der Waals surface area (Å²) in [6, 6.07) is 18.1. The van der Waals surface area contributed by atoms with Gasteiger partial charge in [0.25, 0.3) is 0 Å². The van der Waals surface area contributed by atoms with Gasteiger partial charge in [-0.2, -0.15) is 0 Å². The maximum absolute atomic E-state index is 4.64. The van der Waals surface area contributed by atoms with Crippen molar-refractivity contribution in [3.63, 3.8) is 0 Å². The molecule has 1 aromatic carbocycles. The molecule has 0 saturated heterocycles. The van der Waals surface area contributed by atoms with E-state index in [1.54, 1.807) is 6.20 Å². The van der Waals surface area contributed by atoms with Gasteiger partial charge in [-0.15, -0.1) is 0 Å². The minimum Gasteiger partial charge on any atom is -0.368 e. The molecule has 0 bridgehead atoms. The molecule has 0 atom stereocenters. The lowest BCUT2D eigenvalue weighted by Crippen LogP contribution is -2.13. The van der Waals surface area contributed by atoms with Crippen LogP contribution in [0.2, 0.25) is 0 Å². The first-order chi connectivity index (χ1) is 11.7. The van der Waals surface area contributed by atoms with Crippen molar-refractivity contribution in [1.29, 1.82) is 0 Å². The maximum Gasteiger partial charge on any atom is 0.163 e. The Hall–Kier alpha value is -2.95. The molecule has 2 heterocycles. The minimum absolute atomic E-state index is 0.298. The zero-order valence-electron chi connectivity index (χ0n) is 13.9. The Morgan fingerprint density at radius 1 is 0.917 bits per heavy atom. The van der Waals surface area contributed by atoms with Crippen molar-refractivity contribution in [2.75, 3.05) is 10.6 Å². The molecule has 0 aliphatic heterocycles. The second kappa shape index (κ2) is 7.55. The Morgan fingerprint density at radius 3 is 2.38 bits per heavy atom. The van der Waals surface area contributed by atoms with Crippen LogP contribution in [0.15, 0.2) is 60.8 Å². The quantitative estimate of drug-likeness (QED) is 0.720. The van der Waals surface area contributed by atoms with Gasteiger partial charge in [-0.05, 0) is 26.0 Å². The molecule has 0 unspecified atom stereocenters. The number of hydrogen-bond donors (Lipinski definition) is 2. The summed E-state index contributed by atoms with van der Waals surface area (Å²) in [5.74, 6) is 2.28. The zero-order valence-corrected chi connectivity index (χ0v) is 13.9. The van der Waals surface area contributed by atoms with E-state index in [2.05, 4.69) is 39.4 Å². The molecule has 2 N–H and O–H groups in total. The highest BCUT2D eigenvalue weighted by Gasteiger charge is 2.08. The molecule has 0 radical (unpaired) electrons. The average molecular weight is 319 g/mol. The van der Waals surface area contributed by atoms with Crippen LogP contribution in [0.5, 0.6) is 0 Å². The number of aromatic nitrogens is 3. The van der Waals surface area contributed by atoms with E-state index in [4.69, 9.17) is 0 Å². The van der Waals surface area contributed by atoms with Crippen molar-refractivity contribution in [2.24, 2.45) is 0 Å². The van der Waals surface area contributed by atoms with E-state index < -0.39 is 0 Å². The van der Waals surface area contributed by atoms with Gasteiger partial charge < -0.3 is 10.6 Å². The first-order valence-corrected chi connectivity index (χ1v) is 8.05. The van der Waals surface area contributed by atoms with Crippen molar-refractivity contribution in [3.05, 3.63) is 66.5 Å². The number of hydrogen-bond acceptors (Lipinski definition) is 5. The van der Waals surface area contributed by atoms with Crippen LogP contribution in [-0.2, 0) is 6.54 Å².